The van der Waals surface area contributed by atoms with Gasteiger partial charge in [0.05, 0.1) is 5.25 Å². The largest absolute Gasteiger partial charge is 0.351 e. The molecule has 0 spiro atoms. The molecule has 0 bridgehead atoms. The second-order valence-electron chi connectivity index (χ2n) is 4.77. The molecule has 112 valence electrons. The van der Waals surface area contributed by atoms with Crippen molar-refractivity contribution in [2.45, 2.75) is 36.0 Å². The number of rotatable bonds is 4. The summed E-state index contributed by atoms with van der Waals surface area (Å²) in [4.78, 5) is 13.2. The lowest BCUT2D eigenvalue weighted by Gasteiger charge is -2.25. The van der Waals surface area contributed by atoms with Gasteiger partial charge in [-0.05, 0) is 50.6 Å². The van der Waals surface area contributed by atoms with E-state index in [2.05, 4.69) is 10.6 Å². The molecule has 1 amide bonds. The van der Waals surface area contributed by atoms with Gasteiger partial charge in [0.1, 0.15) is 0 Å². The molecule has 1 aromatic carbocycles. The van der Waals surface area contributed by atoms with E-state index >= 15 is 0 Å². The zero-order valence-electron chi connectivity index (χ0n) is 11.4. The Morgan fingerprint density at radius 2 is 2.15 bits per heavy atom. The fraction of sp³-hybridized carbons (Fsp3) is 0.500. The average Bonchev–Trinajstić information content (AvgIpc) is 2.42. The number of carbonyl (C=O) groups is 1. The lowest BCUT2D eigenvalue weighted by atomic mass is 10.1. The highest BCUT2D eigenvalue weighted by atomic mass is 35.5. The fourth-order valence-electron chi connectivity index (χ4n) is 2.06. The second kappa shape index (κ2) is 8.78. The van der Waals surface area contributed by atoms with Crippen molar-refractivity contribution in [1.82, 2.24) is 10.6 Å². The highest BCUT2D eigenvalue weighted by Crippen LogP contribution is 2.24. The minimum absolute atomic E-state index is 0. The molecule has 0 radical (unpaired) electrons. The molecule has 3 nitrogen and oxygen atoms in total. The van der Waals surface area contributed by atoms with Gasteiger partial charge in [-0.3, -0.25) is 4.79 Å². The molecule has 1 aliphatic rings. The van der Waals surface area contributed by atoms with Crippen molar-refractivity contribution in [2.24, 2.45) is 0 Å². The van der Waals surface area contributed by atoms with Crippen molar-refractivity contribution in [3.63, 3.8) is 0 Å². The molecular weight excluding hydrogens is 315 g/mol. The van der Waals surface area contributed by atoms with E-state index in [1.54, 1.807) is 11.8 Å². The van der Waals surface area contributed by atoms with Crippen molar-refractivity contribution in [2.75, 3.05) is 13.1 Å². The number of hydrogen-bond acceptors (Lipinski definition) is 3. The van der Waals surface area contributed by atoms with Gasteiger partial charge >= 0.3 is 0 Å². The Balaban J connectivity index is 0.00000200. The zero-order valence-corrected chi connectivity index (χ0v) is 13.8. The number of hydrogen-bond donors (Lipinski definition) is 2. The molecular formula is C14H20Cl2N2OS. The normalized spacial score (nSPS) is 19.8. The first kappa shape index (κ1) is 17.6. The van der Waals surface area contributed by atoms with Crippen LogP contribution < -0.4 is 10.6 Å². The van der Waals surface area contributed by atoms with E-state index in [-0.39, 0.29) is 29.6 Å². The van der Waals surface area contributed by atoms with E-state index < -0.39 is 0 Å². The van der Waals surface area contributed by atoms with Gasteiger partial charge in [-0.1, -0.05) is 11.6 Å². The topological polar surface area (TPSA) is 41.1 Å². The first-order valence-electron chi connectivity index (χ1n) is 6.58. The Morgan fingerprint density at radius 1 is 1.45 bits per heavy atom. The van der Waals surface area contributed by atoms with Crippen LogP contribution in [0.4, 0.5) is 0 Å². The zero-order chi connectivity index (χ0) is 13.7. The van der Waals surface area contributed by atoms with Gasteiger partial charge in [-0.15, -0.1) is 24.2 Å². The third kappa shape index (κ3) is 5.52. The summed E-state index contributed by atoms with van der Waals surface area (Å²) in [6.45, 7) is 3.87. The molecule has 2 atom stereocenters. The van der Waals surface area contributed by atoms with Crippen LogP contribution >= 0.6 is 35.8 Å². The second-order valence-corrected chi connectivity index (χ2v) is 6.62. The molecule has 1 heterocycles. The molecule has 1 saturated heterocycles. The quantitative estimate of drug-likeness (QED) is 0.831. The maximum absolute atomic E-state index is 12.1. The van der Waals surface area contributed by atoms with Crippen molar-refractivity contribution >= 4 is 41.7 Å². The van der Waals surface area contributed by atoms with E-state index in [1.807, 2.05) is 31.2 Å². The van der Waals surface area contributed by atoms with Gasteiger partial charge in [0.15, 0.2) is 0 Å². The van der Waals surface area contributed by atoms with Crippen LogP contribution in [0.25, 0.3) is 0 Å². The fourth-order valence-corrected chi connectivity index (χ4v) is 3.07. The molecule has 0 saturated carbocycles. The summed E-state index contributed by atoms with van der Waals surface area (Å²) in [6, 6.07) is 7.85. The molecule has 0 aliphatic carbocycles. The van der Waals surface area contributed by atoms with Crippen molar-refractivity contribution < 1.29 is 4.79 Å². The maximum atomic E-state index is 12.1. The summed E-state index contributed by atoms with van der Waals surface area (Å²) < 4.78 is 0. The van der Waals surface area contributed by atoms with Gasteiger partial charge in [0.2, 0.25) is 5.91 Å². The van der Waals surface area contributed by atoms with Crippen LogP contribution in [0.15, 0.2) is 29.2 Å². The van der Waals surface area contributed by atoms with Gasteiger partial charge in [0.25, 0.3) is 0 Å². The van der Waals surface area contributed by atoms with Crippen molar-refractivity contribution in [3.8, 4) is 0 Å². The summed E-state index contributed by atoms with van der Waals surface area (Å²) >= 11 is 7.40. The predicted molar refractivity (Wildman–Crippen MR) is 88.1 cm³/mol. The summed E-state index contributed by atoms with van der Waals surface area (Å²) in [6.07, 6.45) is 2.20. The Kier molecular flexibility index (Phi) is 7.74. The minimum Gasteiger partial charge on any atom is -0.351 e. The third-order valence-corrected chi connectivity index (χ3v) is 4.50. The van der Waals surface area contributed by atoms with Crippen molar-refractivity contribution in [3.05, 3.63) is 29.3 Å². The van der Waals surface area contributed by atoms with Gasteiger partial charge in [0, 0.05) is 22.5 Å². The number of thioether (sulfide) groups is 1. The Bertz CT molecular complexity index is 422. The van der Waals surface area contributed by atoms with Crippen molar-refractivity contribution in [1.29, 1.82) is 0 Å². The Hall–Kier alpha value is -0.420. The molecule has 2 N–H and O–H groups in total. The van der Waals surface area contributed by atoms with Crippen LogP contribution in [0.3, 0.4) is 0 Å². The highest BCUT2D eigenvalue weighted by molar-refractivity contribution is 8.00. The average molecular weight is 335 g/mol. The van der Waals surface area contributed by atoms with E-state index in [9.17, 15) is 4.79 Å². The molecule has 0 aromatic heterocycles. The number of carbonyl (C=O) groups excluding carboxylic acids is 1. The first-order valence-corrected chi connectivity index (χ1v) is 7.84. The standard InChI is InChI=1S/C14H19ClN2OS.ClH/c1-10(19-13-6-4-11(15)5-7-13)14(18)17-12-3-2-8-16-9-12;/h4-7,10,12,16H,2-3,8-9H2,1H3,(H,17,18);1H. The monoisotopic (exact) mass is 334 g/mol. The predicted octanol–water partition coefficient (Wildman–Crippen LogP) is 3.11. The van der Waals surface area contributed by atoms with E-state index in [4.69, 9.17) is 11.6 Å². The first-order chi connectivity index (χ1) is 9.15. The number of nitrogens with one attached hydrogen (secondary N) is 2. The smallest absolute Gasteiger partial charge is 0.233 e. The third-order valence-electron chi connectivity index (χ3n) is 3.14. The molecule has 20 heavy (non-hydrogen) atoms. The van der Waals surface area contributed by atoms with E-state index in [0.717, 1.165) is 35.8 Å². The lowest BCUT2D eigenvalue weighted by Crippen LogP contribution is -2.47. The van der Waals surface area contributed by atoms with Gasteiger partial charge in [-0.25, -0.2) is 0 Å². The summed E-state index contributed by atoms with van der Waals surface area (Å²) in [7, 11) is 0. The molecule has 6 heteroatoms. The number of piperidine rings is 1. The Morgan fingerprint density at radius 3 is 2.75 bits per heavy atom. The maximum Gasteiger partial charge on any atom is 0.233 e. The van der Waals surface area contributed by atoms with Gasteiger partial charge < -0.3 is 10.6 Å². The number of halogens is 2. The summed E-state index contributed by atoms with van der Waals surface area (Å²) in [5.74, 6) is 0.105. The lowest BCUT2D eigenvalue weighted by molar-refractivity contribution is -0.121. The molecule has 1 aromatic rings. The molecule has 2 unspecified atom stereocenters. The number of amides is 1. The minimum atomic E-state index is -0.0943. The van der Waals surface area contributed by atoms with E-state index in [1.165, 1.54) is 0 Å². The van der Waals surface area contributed by atoms with E-state index in [0.29, 0.717) is 0 Å². The van der Waals surface area contributed by atoms with Crippen LogP contribution in [0.2, 0.25) is 5.02 Å². The van der Waals surface area contributed by atoms with Crippen LogP contribution in [-0.4, -0.2) is 30.3 Å². The van der Waals surface area contributed by atoms with Crippen LogP contribution in [-0.2, 0) is 4.79 Å². The highest BCUT2D eigenvalue weighted by Gasteiger charge is 2.19. The van der Waals surface area contributed by atoms with Crippen LogP contribution in [0, 0.1) is 0 Å². The SMILES string of the molecule is CC(Sc1ccc(Cl)cc1)C(=O)NC1CCCNC1.Cl. The number of benzene rings is 1. The van der Waals surface area contributed by atoms with Gasteiger partial charge in [-0.2, -0.15) is 0 Å². The summed E-state index contributed by atoms with van der Waals surface area (Å²) in [5.41, 5.74) is 0. The van der Waals surface area contributed by atoms with Crippen LogP contribution in [0.1, 0.15) is 19.8 Å². The van der Waals surface area contributed by atoms with Crippen LogP contribution in [0.5, 0.6) is 0 Å². The summed E-state index contributed by atoms with van der Waals surface area (Å²) in [5, 5.41) is 7.02. The molecule has 1 fully saturated rings. The Labute approximate surface area is 135 Å². The molecule has 1 aliphatic heterocycles. The molecule has 2 rings (SSSR count).